The molecule has 6 heteroatoms. The van der Waals surface area contributed by atoms with E-state index in [0.29, 0.717) is 11.4 Å². The molecule has 1 N–H and O–H groups in total. The van der Waals surface area contributed by atoms with E-state index >= 15 is 0 Å². The molecule has 0 spiro atoms. The zero-order valence-corrected chi connectivity index (χ0v) is 21.0. The van der Waals surface area contributed by atoms with Crippen LogP contribution in [0.25, 0.3) is 10.8 Å². The normalized spacial score (nSPS) is 12.1. The lowest BCUT2D eigenvalue weighted by Crippen LogP contribution is -2.25. The van der Waals surface area contributed by atoms with Crippen LogP contribution in [0.5, 0.6) is 0 Å². The maximum absolute atomic E-state index is 12.9. The van der Waals surface area contributed by atoms with Crippen LogP contribution >= 0.6 is 0 Å². The Labute approximate surface area is 194 Å². The van der Waals surface area contributed by atoms with Gasteiger partial charge in [-0.25, -0.2) is 13.1 Å². The third-order valence-corrected chi connectivity index (χ3v) is 7.47. The number of rotatable bonds is 14. The molecule has 0 aliphatic carbocycles. The van der Waals surface area contributed by atoms with Gasteiger partial charge in [-0.3, -0.25) is 0 Å². The van der Waals surface area contributed by atoms with Crippen molar-refractivity contribution in [3.05, 3.63) is 36.4 Å². The highest BCUT2D eigenvalue weighted by Crippen LogP contribution is 2.30. The van der Waals surface area contributed by atoms with Crippen LogP contribution in [0.15, 0.2) is 41.3 Å². The quantitative estimate of drug-likeness (QED) is 0.341. The van der Waals surface area contributed by atoms with Crippen molar-refractivity contribution >= 4 is 26.5 Å². The second-order valence-electron chi connectivity index (χ2n) is 9.49. The van der Waals surface area contributed by atoms with E-state index in [0.717, 1.165) is 48.6 Å². The zero-order chi connectivity index (χ0) is 23.6. The number of unbranched alkanes of at least 4 members (excludes halogenated alkanes) is 7. The van der Waals surface area contributed by atoms with Gasteiger partial charge >= 0.3 is 0 Å². The molecule has 0 radical (unpaired) electrons. The summed E-state index contributed by atoms with van der Waals surface area (Å²) in [5.74, 6) is 0. The summed E-state index contributed by atoms with van der Waals surface area (Å²) >= 11 is 0. The maximum Gasteiger partial charge on any atom is 0.241 e. The smallest absolute Gasteiger partial charge is 0.241 e. The molecule has 0 saturated heterocycles. The van der Waals surface area contributed by atoms with Gasteiger partial charge in [0.2, 0.25) is 10.0 Å². The van der Waals surface area contributed by atoms with E-state index in [4.69, 9.17) is 5.26 Å². The second kappa shape index (κ2) is 12.2. The van der Waals surface area contributed by atoms with Crippen molar-refractivity contribution in [3.63, 3.8) is 0 Å². The van der Waals surface area contributed by atoms with Crippen molar-refractivity contribution in [2.45, 2.75) is 76.5 Å². The minimum atomic E-state index is -3.54. The lowest BCUT2D eigenvalue weighted by atomic mass is 9.88. The first-order valence-electron chi connectivity index (χ1n) is 11.8. The zero-order valence-electron chi connectivity index (χ0n) is 20.2. The van der Waals surface area contributed by atoms with Crippen molar-refractivity contribution in [1.82, 2.24) is 4.72 Å². The number of hydrogen-bond donors (Lipinski definition) is 1. The molecule has 2 aromatic carbocycles. The fourth-order valence-electron chi connectivity index (χ4n) is 3.98. The van der Waals surface area contributed by atoms with E-state index in [9.17, 15) is 8.42 Å². The third-order valence-electron chi connectivity index (χ3n) is 5.95. The summed E-state index contributed by atoms with van der Waals surface area (Å²) in [6.07, 6.45) is 9.90. The van der Waals surface area contributed by atoms with E-state index in [1.54, 1.807) is 6.07 Å². The van der Waals surface area contributed by atoms with Crippen LogP contribution in [0.2, 0.25) is 0 Å². The molecule has 0 amide bonds. The van der Waals surface area contributed by atoms with E-state index < -0.39 is 10.0 Å². The Hall–Kier alpha value is -2.10. The summed E-state index contributed by atoms with van der Waals surface area (Å²) in [7, 11) is 0.381. The Bertz CT molecular complexity index is 1010. The molecule has 2 aromatic rings. The van der Waals surface area contributed by atoms with Crippen LogP contribution < -0.4 is 9.62 Å². The van der Waals surface area contributed by atoms with Gasteiger partial charge in [-0.15, -0.1) is 0 Å². The number of fused-ring (bicyclic) bond motifs is 1. The third kappa shape index (κ3) is 7.79. The van der Waals surface area contributed by atoms with Gasteiger partial charge < -0.3 is 4.90 Å². The van der Waals surface area contributed by atoms with E-state index in [1.165, 1.54) is 25.7 Å². The Morgan fingerprint density at radius 1 is 0.875 bits per heavy atom. The number of nitrogens with zero attached hydrogens (tertiary/aromatic N) is 2. The van der Waals surface area contributed by atoms with Crippen molar-refractivity contribution in [2.24, 2.45) is 5.41 Å². The van der Waals surface area contributed by atoms with Crippen LogP contribution in [-0.4, -0.2) is 29.1 Å². The molecule has 0 aliphatic heterocycles. The molecule has 0 unspecified atom stereocenters. The average molecular weight is 458 g/mol. The largest absolute Gasteiger partial charge is 0.377 e. The predicted molar refractivity (Wildman–Crippen MR) is 134 cm³/mol. The van der Waals surface area contributed by atoms with Crippen molar-refractivity contribution in [3.8, 4) is 6.07 Å². The summed E-state index contributed by atoms with van der Waals surface area (Å²) in [6.45, 7) is 4.47. The van der Waals surface area contributed by atoms with Gasteiger partial charge in [-0.1, -0.05) is 69.2 Å². The standard InChI is InChI=1S/C26H39N3O2S/c1-26(2,21-27)19-11-9-7-5-6-8-10-12-20-28-32(30,31)25-18-14-15-22-23(25)16-13-17-24(22)29(3)4/h13-18,28H,5-12,19-20H2,1-4H3. The molecule has 176 valence electrons. The molecule has 0 atom stereocenters. The van der Waals surface area contributed by atoms with Gasteiger partial charge in [0.1, 0.15) is 0 Å². The van der Waals surface area contributed by atoms with Crippen LogP contribution in [0.4, 0.5) is 5.69 Å². The summed E-state index contributed by atoms with van der Waals surface area (Å²) in [5.41, 5.74) is 0.807. The van der Waals surface area contributed by atoms with Gasteiger partial charge in [0.05, 0.1) is 16.4 Å². The first kappa shape index (κ1) is 26.2. The SMILES string of the molecule is CN(C)c1cccc2c(S(=O)(=O)NCCCCCCCCCCC(C)(C)C#N)cccc12. The Balaban J connectivity index is 1.72. The molecule has 5 nitrogen and oxygen atoms in total. The van der Waals surface area contributed by atoms with Crippen LogP contribution in [-0.2, 0) is 10.0 Å². The first-order chi connectivity index (χ1) is 15.2. The molecule has 0 aromatic heterocycles. The summed E-state index contributed by atoms with van der Waals surface area (Å²) < 4.78 is 28.6. The second-order valence-corrected chi connectivity index (χ2v) is 11.2. The van der Waals surface area contributed by atoms with Crippen molar-refractivity contribution in [2.75, 3.05) is 25.5 Å². The lowest BCUT2D eigenvalue weighted by Gasteiger charge is -2.17. The molecule has 0 aliphatic rings. The molecule has 0 saturated carbocycles. The number of anilines is 1. The Kier molecular flexibility index (Phi) is 9.99. The lowest BCUT2D eigenvalue weighted by molar-refractivity contribution is 0.418. The molecule has 0 fully saturated rings. The molecule has 0 bridgehead atoms. The maximum atomic E-state index is 12.9. The monoisotopic (exact) mass is 457 g/mol. The molecular weight excluding hydrogens is 418 g/mol. The number of benzene rings is 2. The van der Waals surface area contributed by atoms with Gasteiger partial charge in [0.15, 0.2) is 0 Å². The molecule has 2 rings (SSSR count). The highest BCUT2D eigenvalue weighted by atomic mass is 32.2. The summed E-state index contributed by atoms with van der Waals surface area (Å²) in [4.78, 5) is 2.34. The number of nitrogens with one attached hydrogen (secondary N) is 1. The van der Waals surface area contributed by atoms with E-state index in [-0.39, 0.29) is 5.41 Å². The minimum absolute atomic E-state index is 0.200. The van der Waals surface area contributed by atoms with E-state index in [1.807, 2.05) is 63.2 Å². The van der Waals surface area contributed by atoms with Gasteiger partial charge in [-0.05, 0) is 38.8 Å². The Morgan fingerprint density at radius 3 is 2.06 bits per heavy atom. The van der Waals surface area contributed by atoms with Gasteiger partial charge in [-0.2, -0.15) is 5.26 Å². The van der Waals surface area contributed by atoms with Crippen LogP contribution in [0, 0.1) is 16.7 Å². The fraction of sp³-hybridized carbons (Fsp3) is 0.577. The first-order valence-corrected chi connectivity index (χ1v) is 13.3. The highest BCUT2D eigenvalue weighted by molar-refractivity contribution is 7.89. The predicted octanol–water partition coefficient (Wildman–Crippen LogP) is 6.24. The van der Waals surface area contributed by atoms with Crippen molar-refractivity contribution < 1.29 is 8.42 Å². The number of sulfonamides is 1. The topological polar surface area (TPSA) is 73.2 Å². The average Bonchev–Trinajstić information content (AvgIpc) is 2.76. The van der Waals surface area contributed by atoms with Crippen LogP contribution in [0.3, 0.4) is 0 Å². The van der Waals surface area contributed by atoms with Gasteiger partial charge in [0, 0.05) is 37.1 Å². The number of hydrogen-bond acceptors (Lipinski definition) is 4. The van der Waals surface area contributed by atoms with Crippen LogP contribution in [0.1, 0.15) is 71.6 Å². The summed E-state index contributed by atoms with van der Waals surface area (Å²) in [5, 5.41) is 10.7. The van der Waals surface area contributed by atoms with E-state index in [2.05, 4.69) is 10.8 Å². The highest BCUT2D eigenvalue weighted by Gasteiger charge is 2.18. The van der Waals surface area contributed by atoms with Gasteiger partial charge in [0.25, 0.3) is 0 Å². The fourth-order valence-corrected chi connectivity index (χ4v) is 5.28. The Morgan fingerprint density at radius 2 is 1.44 bits per heavy atom. The summed E-state index contributed by atoms with van der Waals surface area (Å²) in [6, 6.07) is 13.6. The molecule has 0 heterocycles. The number of nitriles is 1. The molecular formula is C26H39N3O2S. The van der Waals surface area contributed by atoms with Crippen molar-refractivity contribution in [1.29, 1.82) is 5.26 Å². The molecule has 32 heavy (non-hydrogen) atoms. The minimum Gasteiger partial charge on any atom is -0.377 e.